The van der Waals surface area contributed by atoms with Crippen molar-refractivity contribution in [3.05, 3.63) is 76.3 Å². The van der Waals surface area contributed by atoms with Crippen molar-refractivity contribution >= 4 is 0 Å². The molecular formula is C23H24FN3O. The van der Waals surface area contributed by atoms with E-state index in [1.165, 1.54) is 43.9 Å². The molecule has 1 aliphatic rings. The number of aromatic nitrogens is 2. The van der Waals surface area contributed by atoms with Gasteiger partial charge in [0.2, 0.25) is 0 Å². The zero-order valence-electron chi connectivity index (χ0n) is 15.8. The van der Waals surface area contributed by atoms with Crippen LogP contribution in [0.5, 0.6) is 0 Å². The fraction of sp³-hybridized carbons (Fsp3) is 0.304. The molecule has 1 saturated heterocycles. The Hall–Kier alpha value is -2.79. The second kappa shape index (κ2) is 8.48. The molecule has 0 saturated carbocycles. The maximum Gasteiger partial charge on any atom is 0.251 e. The van der Waals surface area contributed by atoms with Crippen LogP contribution in [0.25, 0.3) is 22.6 Å². The molecular weight excluding hydrogens is 353 g/mol. The van der Waals surface area contributed by atoms with Crippen molar-refractivity contribution < 1.29 is 4.39 Å². The second-order valence-electron chi connectivity index (χ2n) is 7.33. The number of hydrogen-bond donors (Lipinski definition) is 1. The van der Waals surface area contributed by atoms with Gasteiger partial charge in [0, 0.05) is 23.7 Å². The van der Waals surface area contributed by atoms with Crippen LogP contribution in [0, 0.1) is 5.82 Å². The Morgan fingerprint density at radius 1 is 0.964 bits per heavy atom. The molecule has 5 heteroatoms. The fourth-order valence-electron chi connectivity index (χ4n) is 3.78. The maximum atomic E-state index is 13.2. The van der Waals surface area contributed by atoms with Crippen LogP contribution in [0.4, 0.5) is 4.39 Å². The van der Waals surface area contributed by atoms with Crippen LogP contribution >= 0.6 is 0 Å². The first kappa shape index (κ1) is 18.6. The molecule has 1 aromatic heterocycles. The van der Waals surface area contributed by atoms with Crippen molar-refractivity contribution in [1.29, 1.82) is 0 Å². The average Bonchev–Trinajstić information content (AvgIpc) is 2.97. The number of H-pyrrole nitrogens is 1. The van der Waals surface area contributed by atoms with Gasteiger partial charge in [-0.2, -0.15) is 0 Å². The summed E-state index contributed by atoms with van der Waals surface area (Å²) in [6, 6.07) is 15.6. The van der Waals surface area contributed by atoms with Crippen LogP contribution in [-0.2, 0) is 6.54 Å². The first-order valence-corrected chi connectivity index (χ1v) is 9.87. The van der Waals surface area contributed by atoms with Gasteiger partial charge in [0.25, 0.3) is 5.56 Å². The van der Waals surface area contributed by atoms with E-state index in [0.717, 1.165) is 36.3 Å². The Bertz CT molecular complexity index is 989. The standard InChI is InChI=1S/C23H24FN3O/c24-19-11-9-17(10-12-19)21-15-22(28)26-23(25-21)20-8-4-3-7-18(20)16-27-13-5-1-2-6-14-27/h3-4,7-12,15H,1-2,5-6,13-14,16H2,(H,25,26,28). The molecule has 28 heavy (non-hydrogen) atoms. The van der Waals surface area contributed by atoms with Crippen LogP contribution in [0.15, 0.2) is 59.4 Å². The minimum Gasteiger partial charge on any atom is -0.306 e. The van der Waals surface area contributed by atoms with Crippen molar-refractivity contribution in [2.75, 3.05) is 13.1 Å². The van der Waals surface area contributed by atoms with E-state index in [2.05, 4.69) is 20.9 Å². The summed E-state index contributed by atoms with van der Waals surface area (Å²) in [6.45, 7) is 3.06. The summed E-state index contributed by atoms with van der Waals surface area (Å²) in [5.41, 5.74) is 3.15. The lowest BCUT2D eigenvalue weighted by molar-refractivity contribution is 0.277. The van der Waals surface area contributed by atoms with Gasteiger partial charge in [0.05, 0.1) is 5.69 Å². The van der Waals surface area contributed by atoms with Crippen LogP contribution in [0.1, 0.15) is 31.2 Å². The number of rotatable bonds is 4. The lowest BCUT2D eigenvalue weighted by atomic mass is 10.1. The normalized spacial score (nSPS) is 15.3. The molecule has 4 nitrogen and oxygen atoms in total. The number of nitrogens with zero attached hydrogens (tertiary/aromatic N) is 2. The van der Waals surface area contributed by atoms with Gasteiger partial charge in [-0.15, -0.1) is 0 Å². The van der Waals surface area contributed by atoms with Gasteiger partial charge in [0.1, 0.15) is 11.6 Å². The van der Waals surface area contributed by atoms with E-state index in [0.29, 0.717) is 11.5 Å². The largest absolute Gasteiger partial charge is 0.306 e. The Labute approximate surface area is 164 Å². The van der Waals surface area contributed by atoms with E-state index in [1.807, 2.05) is 18.2 Å². The summed E-state index contributed by atoms with van der Waals surface area (Å²) in [4.78, 5) is 22.3. The molecule has 0 spiro atoms. The number of likely N-dealkylation sites (tertiary alicyclic amines) is 1. The summed E-state index contributed by atoms with van der Waals surface area (Å²) < 4.78 is 13.2. The molecule has 1 fully saturated rings. The van der Waals surface area contributed by atoms with Gasteiger partial charge >= 0.3 is 0 Å². The van der Waals surface area contributed by atoms with Crippen LogP contribution in [-0.4, -0.2) is 28.0 Å². The van der Waals surface area contributed by atoms with E-state index in [9.17, 15) is 9.18 Å². The van der Waals surface area contributed by atoms with Crippen LogP contribution in [0.3, 0.4) is 0 Å². The second-order valence-corrected chi connectivity index (χ2v) is 7.33. The third kappa shape index (κ3) is 4.37. The molecule has 2 heterocycles. The van der Waals surface area contributed by atoms with Gasteiger partial charge in [-0.1, -0.05) is 37.1 Å². The van der Waals surface area contributed by atoms with Gasteiger partial charge < -0.3 is 4.98 Å². The molecule has 0 bridgehead atoms. The molecule has 144 valence electrons. The van der Waals surface area contributed by atoms with Gasteiger partial charge in [-0.05, 0) is 55.8 Å². The number of nitrogens with one attached hydrogen (secondary N) is 1. The Morgan fingerprint density at radius 3 is 2.43 bits per heavy atom. The molecule has 0 atom stereocenters. The Balaban J connectivity index is 1.69. The molecule has 0 aliphatic carbocycles. The zero-order valence-corrected chi connectivity index (χ0v) is 15.8. The van der Waals surface area contributed by atoms with Crippen molar-refractivity contribution in [3.63, 3.8) is 0 Å². The maximum absolute atomic E-state index is 13.2. The molecule has 4 rings (SSSR count). The van der Waals surface area contributed by atoms with Crippen LogP contribution < -0.4 is 5.56 Å². The lowest BCUT2D eigenvalue weighted by Gasteiger charge is -2.21. The van der Waals surface area contributed by atoms with Crippen molar-refractivity contribution in [3.8, 4) is 22.6 Å². The van der Waals surface area contributed by atoms with E-state index in [-0.39, 0.29) is 11.4 Å². The Morgan fingerprint density at radius 2 is 1.68 bits per heavy atom. The highest BCUT2D eigenvalue weighted by Gasteiger charge is 2.14. The summed E-state index contributed by atoms with van der Waals surface area (Å²) in [5.74, 6) is 0.244. The number of hydrogen-bond acceptors (Lipinski definition) is 3. The number of halogens is 1. The molecule has 3 aromatic rings. The van der Waals surface area contributed by atoms with Gasteiger partial charge in [-0.3, -0.25) is 9.69 Å². The van der Waals surface area contributed by atoms with Gasteiger partial charge in [0.15, 0.2) is 0 Å². The summed E-state index contributed by atoms with van der Waals surface area (Å²) in [5, 5.41) is 0. The van der Waals surface area contributed by atoms with Gasteiger partial charge in [-0.25, -0.2) is 9.37 Å². The molecule has 2 aromatic carbocycles. The van der Waals surface area contributed by atoms with E-state index >= 15 is 0 Å². The predicted molar refractivity (Wildman–Crippen MR) is 109 cm³/mol. The average molecular weight is 377 g/mol. The monoisotopic (exact) mass is 377 g/mol. The van der Waals surface area contributed by atoms with E-state index in [1.54, 1.807) is 12.1 Å². The minimum atomic E-state index is -0.309. The summed E-state index contributed by atoms with van der Waals surface area (Å²) >= 11 is 0. The Kier molecular flexibility index (Phi) is 5.63. The first-order valence-electron chi connectivity index (χ1n) is 9.87. The first-order chi connectivity index (χ1) is 13.7. The lowest BCUT2D eigenvalue weighted by Crippen LogP contribution is -2.24. The van der Waals surface area contributed by atoms with E-state index < -0.39 is 0 Å². The number of benzene rings is 2. The SMILES string of the molecule is O=c1cc(-c2ccc(F)cc2)nc(-c2ccccc2CN2CCCCCC2)[nH]1. The molecule has 0 amide bonds. The quantitative estimate of drug-likeness (QED) is 0.722. The molecule has 1 N–H and O–H groups in total. The number of aromatic amines is 1. The highest BCUT2D eigenvalue weighted by molar-refractivity contribution is 5.65. The highest BCUT2D eigenvalue weighted by Crippen LogP contribution is 2.24. The topological polar surface area (TPSA) is 49.0 Å². The zero-order chi connectivity index (χ0) is 19.3. The van der Waals surface area contributed by atoms with Crippen molar-refractivity contribution in [1.82, 2.24) is 14.9 Å². The van der Waals surface area contributed by atoms with Crippen molar-refractivity contribution in [2.45, 2.75) is 32.2 Å². The van der Waals surface area contributed by atoms with Crippen LogP contribution in [0.2, 0.25) is 0 Å². The minimum absolute atomic E-state index is 0.214. The predicted octanol–water partition coefficient (Wildman–Crippen LogP) is 4.62. The smallest absolute Gasteiger partial charge is 0.251 e. The van der Waals surface area contributed by atoms with E-state index in [4.69, 9.17) is 0 Å². The van der Waals surface area contributed by atoms with Crippen molar-refractivity contribution in [2.24, 2.45) is 0 Å². The third-order valence-corrected chi connectivity index (χ3v) is 5.25. The fourth-order valence-corrected chi connectivity index (χ4v) is 3.78. The third-order valence-electron chi connectivity index (χ3n) is 5.25. The molecule has 0 unspecified atom stereocenters. The molecule has 0 radical (unpaired) electrons. The summed E-state index contributed by atoms with van der Waals surface area (Å²) in [6.07, 6.45) is 5.06. The molecule has 1 aliphatic heterocycles. The highest BCUT2D eigenvalue weighted by atomic mass is 19.1. The summed E-state index contributed by atoms with van der Waals surface area (Å²) in [7, 11) is 0.